The number of ether oxygens (including phenoxy) is 1. The van der Waals surface area contributed by atoms with E-state index in [-0.39, 0.29) is 6.04 Å². The SMILES string of the molecule is CCCc1ccc(OCC)c(-c2csc(C(C)NC)n2)c1. The van der Waals surface area contributed by atoms with Gasteiger partial charge in [-0.15, -0.1) is 11.3 Å². The molecule has 1 heterocycles. The summed E-state index contributed by atoms with van der Waals surface area (Å²) in [4.78, 5) is 4.77. The van der Waals surface area contributed by atoms with Gasteiger partial charge in [-0.1, -0.05) is 19.4 Å². The second kappa shape index (κ2) is 7.57. The topological polar surface area (TPSA) is 34.1 Å². The molecule has 4 heteroatoms. The average Bonchev–Trinajstić information content (AvgIpc) is 2.98. The number of aryl methyl sites for hydroxylation is 1. The lowest BCUT2D eigenvalue weighted by atomic mass is 10.0. The van der Waals surface area contributed by atoms with Crippen LogP contribution in [0, 0.1) is 0 Å². The van der Waals surface area contributed by atoms with Gasteiger partial charge in [0.1, 0.15) is 10.8 Å². The number of benzene rings is 1. The van der Waals surface area contributed by atoms with E-state index in [2.05, 4.69) is 42.7 Å². The molecule has 0 saturated heterocycles. The maximum Gasteiger partial charge on any atom is 0.128 e. The third kappa shape index (κ3) is 3.83. The van der Waals surface area contributed by atoms with Crippen LogP contribution < -0.4 is 10.1 Å². The van der Waals surface area contributed by atoms with Gasteiger partial charge in [-0.3, -0.25) is 0 Å². The molecule has 0 aliphatic carbocycles. The first-order valence-corrected chi connectivity index (χ1v) is 8.46. The number of nitrogens with zero attached hydrogens (tertiary/aromatic N) is 1. The van der Waals surface area contributed by atoms with Crippen molar-refractivity contribution in [1.29, 1.82) is 0 Å². The van der Waals surface area contributed by atoms with E-state index in [1.165, 1.54) is 5.56 Å². The number of thiazole rings is 1. The molecule has 1 aromatic heterocycles. The van der Waals surface area contributed by atoms with Crippen molar-refractivity contribution in [2.45, 2.75) is 39.7 Å². The molecular weight excluding hydrogens is 280 g/mol. The molecule has 0 radical (unpaired) electrons. The zero-order valence-electron chi connectivity index (χ0n) is 13.3. The summed E-state index contributed by atoms with van der Waals surface area (Å²) >= 11 is 1.69. The van der Waals surface area contributed by atoms with Crippen molar-refractivity contribution in [2.75, 3.05) is 13.7 Å². The Bertz CT molecular complexity index is 580. The van der Waals surface area contributed by atoms with Gasteiger partial charge in [0.2, 0.25) is 0 Å². The van der Waals surface area contributed by atoms with Crippen molar-refractivity contribution < 1.29 is 4.74 Å². The van der Waals surface area contributed by atoms with Crippen LogP contribution in [0.3, 0.4) is 0 Å². The first kappa shape index (κ1) is 16.0. The van der Waals surface area contributed by atoms with Gasteiger partial charge in [-0.25, -0.2) is 4.98 Å². The summed E-state index contributed by atoms with van der Waals surface area (Å²) in [7, 11) is 1.96. The van der Waals surface area contributed by atoms with Crippen LogP contribution in [-0.4, -0.2) is 18.6 Å². The number of aromatic nitrogens is 1. The molecule has 1 N–H and O–H groups in total. The monoisotopic (exact) mass is 304 g/mol. The molecule has 1 atom stereocenters. The molecule has 114 valence electrons. The van der Waals surface area contributed by atoms with Gasteiger partial charge in [0.15, 0.2) is 0 Å². The highest BCUT2D eigenvalue weighted by Gasteiger charge is 2.13. The smallest absolute Gasteiger partial charge is 0.128 e. The van der Waals surface area contributed by atoms with E-state index in [4.69, 9.17) is 9.72 Å². The van der Waals surface area contributed by atoms with Crippen molar-refractivity contribution in [2.24, 2.45) is 0 Å². The van der Waals surface area contributed by atoms with Gasteiger partial charge in [0, 0.05) is 10.9 Å². The lowest BCUT2D eigenvalue weighted by Gasteiger charge is -2.11. The molecule has 0 aliphatic rings. The number of hydrogen-bond acceptors (Lipinski definition) is 4. The lowest BCUT2D eigenvalue weighted by Crippen LogP contribution is -2.11. The average molecular weight is 304 g/mol. The second-order valence-corrected chi connectivity index (χ2v) is 5.98. The third-order valence-electron chi connectivity index (χ3n) is 3.48. The highest BCUT2D eigenvalue weighted by atomic mass is 32.1. The second-order valence-electron chi connectivity index (χ2n) is 5.09. The van der Waals surface area contributed by atoms with Crippen LogP contribution in [-0.2, 0) is 6.42 Å². The minimum absolute atomic E-state index is 0.276. The molecule has 1 aromatic carbocycles. The molecule has 2 aromatic rings. The van der Waals surface area contributed by atoms with Crippen LogP contribution in [0.1, 0.15) is 43.8 Å². The van der Waals surface area contributed by atoms with E-state index < -0.39 is 0 Å². The summed E-state index contributed by atoms with van der Waals surface area (Å²) in [6, 6.07) is 6.72. The summed E-state index contributed by atoms with van der Waals surface area (Å²) in [5, 5.41) is 6.46. The van der Waals surface area contributed by atoms with Crippen molar-refractivity contribution >= 4 is 11.3 Å². The van der Waals surface area contributed by atoms with Crippen LogP contribution in [0.25, 0.3) is 11.3 Å². The molecule has 0 amide bonds. The maximum absolute atomic E-state index is 5.77. The predicted octanol–water partition coefficient (Wildman–Crippen LogP) is 4.44. The first-order chi connectivity index (χ1) is 10.2. The minimum atomic E-state index is 0.276. The number of hydrogen-bond donors (Lipinski definition) is 1. The lowest BCUT2D eigenvalue weighted by molar-refractivity contribution is 0.341. The summed E-state index contributed by atoms with van der Waals surface area (Å²) in [5.41, 5.74) is 3.46. The van der Waals surface area contributed by atoms with E-state index in [9.17, 15) is 0 Å². The van der Waals surface area contributed by atoms with Gasteiger partial charge in [0.25, 0.3) is 0 Å². The van der Waals surface area contributed by atoms with Crippen molar-refractivity contribution in [3.8, 4) is 17.0 Å². The summed E-state index contributed by atoms with van der Waals surface area (Å²) < 4.78 is 5.77. The molecule has 0 fully saturated rings. The zero-order valence-corrected chi connectivity index (χ0v) is 14.1. The fourth-order valence-electron chi connectivity index (χ4n) is 2.24. The molecule has 0 spiro atoms. The normalized spacial score (nSPS) is 12.4. The van der Waals surface area contributed by atoms with Crippen molar-refractivity contribution in [3.63, 3.8) is 0 Å². The van der Waals surface area contributed by atoms with Gasteiger partial charge < -0.3 is 10.1 Å². The number of nitrogens with one attached hydrogen (secondary N) is 1. The maximum atomic E-state index is 5.77. The summed E-state index contributed by atoms with van der Waals surface area (Å²) in [6.07, 6.45) is 2.23. The van der Waals surface area contributed by atoms with Crippen LogP contribution >= 0.6 is 11.3 Å². The molecule has 1 unspecified atom stereocenters. The van der Waals surface area contributed by atoms with Crippen LogP contribution in [0.2, 0.25) is 0 Å². The fraction of sp³-hybridized carbons (Fsp3) is 0.471. The van der Waals surface area contributed by atoms with Crippen molar-refractivity contribution in [3.05, 3.63) is 34.2 Å². The van der Waals surface area contributed by atoms with E-state index >= 15 is 0 Å². The summed E-state index contributed by atoms with van der Waals surface area (Å²) in [5.74, 6) is 0.923. The predicted molar refractivity (Wildman–Crippen MR) is 90.2 cm³/mol. The molecular formula is C17H24N2OS. The highest BCUT2D eigenvalue weighted by Crippen LogP contribution is 2.33. The Labute approximate surface area is 131 Å². The van der Waals surface area contributed by atoms with Crippen LogP contribution in [0.5, 0.6) is 5.75 Å². The van der Waals surface area contributed by atoms with Crippen LogP contribution in [0.4, 0.5) is 0 Å². The fourth-order valence-corrected chi connectivity index (χ4v) is 3.12. The Kier molecular flexibility index (Phi) is 5.76. The van der Waals surface area contributed by atoms with E-state index in [1.807, 2.05) is 14.0 Å². The standard InChI is InChI=1S/C17H24N2OS/c1-5-7-13-8-9-16(20-6-2)14(10-13)15-11-21-17(19-15)12(3)18-4/h8-12,18H,5-7H2,1-4H3. The Morgan fingerprint density at radius 2 is 2.14 bits per heavy atom. The molecule has 0 saturated carbocycles. The Morgan fingerprint density at radius 1 is 1.33 bits per heavy atom. The molecule has 3 nitrogen and oxygen atoms in total. The summed E-state index contributed by atoms with van der Waals surface area (Å²) in [6.45, 7) is 7.01. The van der Waals surface area contributed by atoms with Crippen LogP contribution in [0.15, 0.2) is 23.6 Å². The molecule has 2 rings (SSSR count). The van der Waals surface area contributed by atoms with Gasteiger partial charge >= 0.3 is 0 Å². The quantitative estimate of drug-likeness (QED) is 0.821. The molecule has 21 heavy (non-hydrogen) atoms. The molecule has 0 aliphatic heterocycles. The Hall–Kier alpha value is -1.39. The zero-order chi connectivity index (χ0) is 15.2. The first-order valence-electron chi connectivity index (χ1n) is 7.58. The van der Waals surface area contributed by atoms with Gasteiger partial charge in [-0.2, -0.15) is 0 Å². The van der Waals surface area contributed by atoms with Gasteiger partial charge in [0.05, 0.1) is 18.3 Å². The van der Waals surface area contributed by atoms with Crippen molar-refractivity contribution in [1.82, 2.24) is 10.3 Å². The third-order valence-corrected chi connectivity index (χ3v) is 4.51. The largest absolute Gasteiger partial charge is 0.493 e. The Balaban J connectivity index is 2.39. The minimum Gasteiger partial charge on any atom is -0.493 e. The number of rotatable bonds is 7. The Morgan fingerprint density at radius 3 is 2.81 bits per heavy atom. The molecule has 0 bridgehead atoms. The van der Waals surface area contributed by atoms with E-state index in [0.717, 1.165) is 34.9 Å². The van der Waals surface area contributed by atoms with Gasteiger partial charge in [-0.05, 0) is 45.0 Å². The van der Waals surface area contributed by atoms with E-state index in [0.29, 0.717) is 6.61 Å². The highest BCUT2D eigenvalue weighted by molar-refractivity contribution is 7.10. The van der Waals surface area contributed by atoms with E-state index in [1.54, 1.807) is 11.3 Å².